The summed E-state index contributed by atoms with van der Waals surface area (Å²) in [6.07, 6.45) is -0.874. The molecule has 1 heterocycles. The number of methoxy groups -OCH3 is 1. The van der Waals surface area contributed by atoms with Crippen LogP contribution in [0.3, 0.4) is 0 Å². The Morgan fingerprint density at radius 3 is 2.31 bits per heavy atom. The van der Waals surface area contributed by atoms with E-state index in [1.807, 2.05) is 44.2 Å². The smallest absolute Gasteiger partial charge is 0.413 e. The molecule has 0 saturated carbocycles. The van der Waals surface area contributed by atoms with Crippen LogP contribution in [0.2, 0.25) is 0 Å². The minimum Gasteiger partial charge on any atom is -0.467 e. The molecular formula is C20H31NO5. The molecule has 1 aliphatic heterocycles. The molecule has 1 amide bonds. The topological polar surface area (TPSA) is 65.1 Å². The van der Waals surface area contributed by atoms with E-state index in [1.54, 1.807) is 27.7 Å². The summed E-state index contributed by atoms with van der Waals surface area (Å²) in [5.41, 5.74) is -1.000. The first-order valence-electron chi connectivity index (χ1n) is 8.96. The van der Waals surface area contributed by atoms with Gasteiger partial charge >= 0.3 is 12.1 Å². The fraction of sp³-hybridized carbons (Fsp3) is 0.600. The summed E-state index contributed by atoms with van der Waals surface area (Å²) in [6, 6.07) is 9.48. The molecule has 0 bridgehead atoms. The molecule has 1 aliphatic rings. The van der Waals surface area contributed by atoms with Crippen molar-refractivity contribution in [2.24, 2.45) is 0 Å². The molecule has 2 rings (SSSR count). The van der Waals surface area contributed by atoms with Gasteiger partial charge in [0.05, 0.1) is 13.7 Å². The third-order valence-electron chi connectivity index (χ3n) is 3.88. The molecule has 0 N–H and O–H groups in total. The third kappa shape index (κ3) is 4.97. The van der Waals surface area contributed by atoms with Gasteiger partial charge in [-0.2, -0.15) is 0 Å². The van der Waals surface area contributed by atoms with E-state index in [4.69, 9.17) is 14.2 Å². The van der Waals surface area contributed by atoms with Crippen LogP contribution in [-0.2, 0) is 25.4 Å². The van der Waals surface area contributed by atoms with Gasteiger partial charge in [0.25, 0.3) is 0 Å². The van der Waals surface area contributed by atoms with Crippen molar-refractivity contribution < 1.29 is 23.8 Å². The van der Waals surface area contributed by atoms with Gasteiger partial charge in [-0.05, 0) is 33.3 Å². The van der Waals surface area contributed by atoms with Gasteiger partial charge in [-0.3, -0.25) is 4.90 Å². The quantitative estimate of drug-likeness (QED) is 0.763. The Hall–Kier alpha value is -2.08. The largest absolute Gasteiger partial charge is 0.467 e. The summed E-state index contributed by atoms with van der Waals surface area (Å²) in [7, 11) is 1.31. The zero-order valence-electron chi connectivity index (χ0n) is 16.9. The van der Waals surface area contributed by atoms with Crippen LogP contribution >= 0.6 is 0 Å². The number of nitrogens with zero attached hydrogens (tertiary/aromatic N) is 1. The Balaban J connectivity index is 0.00000163. The molecule has 1 fully saturated rings. The maximum Gasteiger partial charge on any atom is 0.413 e. The molecule has 1 aromatic carbocycles. The summed E-state index contributed by atoms with van der Waals surface area (Å²) >= 11 is 0. The van der Waals surface area contributed by atoms with Crippen molar-refractivity contribution in [1.82, 2.24) is 4.90 Å². The first-order valence-corrected chi connectivity index (χ1v) is 8.96. The molecule has 2 atom stereocenters. The van der Waals surface area contributed by atoms with Gasteiger partial charge < -0.3 is 14.2 Å². The molecular weight excluding hydrogens is 334 g/mol. The number of esters is 1. The number of benzene rings is 1. The van der Waals surface area contributed by atoms with Gasteiger partial charge in [0.15, 0.2) is 5.54 Å². The van der Waals surface area contributed by atoms with Crippen molar-refractivity contribution in [1.29, 1.82) is 0 Å². The summed E-state index contributed by atoms with van der Waals surface area (Å²) in [4.78, 5) is 26.7. The van der Waals surface area contributed by atoms with E-state index >= 15 is 0 Å². The summed E-state index contributed by atoms with van der Waals surface area (Å²) in [6.45, 7) is 11.1. The fourth-order valence-corrected chi connectivity index (χ4v) is 2.87. The average molecular weight is 365 g/mol. The average Bonchev–Trinajstić information content (AvgIpc) is 2.93. The van der Waals surface area contributed by atoms with Gasteiger partial charge in [0.2, 0.25) is 0 Å². The predicted molar refractivity (Wildman–Crippen MR) is 99.7 cm³/mol. The van der Waals surface area contributed by atoms with Crippen molar-refractivity contribution in [3.8, 4) is 0 Å². The number of carbonyl (C=O) groups excluding carboxylic acids is 2. The lowest BCUT2D eigenvalue weighted by Crippen LogP contribution is -2.59. The molecule has 0 aromatic heterocycles. The zero-order valence-corrected chi connectivity index (χ0v) is 16.9. The maximum absolute atomic E-state index is 12.7. The highest BCUT2D eigenvalue weighted by molar-refractivity contribution is 5.87. The van der Waals surface area contributed by atoms with E-state index in [0.717, 1.165) is 5.56 Å². The Bertz CT molecular complexity index is 596. The van der Waals surface area contributed by atoms with Crippen molar-refractivity contribution in [2.75, 3.05) is 13.7 Å². The highest BCUT2D eigenvalue weighted by Gasteiger charge is 2.56. The lowest BCUT2D eigenvalue weighted by Gasteiger charge is -2.36. The predicted octanol–water partition coefficient (Wildman–Crippen LogP) is 3.78. The molecule has 1 aromatic rings. The SMILES string of the molecule is CC.COC(=O)[C@@]1(Cc2ccccc2)CO[C@@H](C)N1C(=O)OC(C)(C)C. The normalized spacial score (nSPS) is 22.3. The molecule has 146 valence electrons. The first-order chi connectivity index (χ1) is 12.2. The second-order valence-corrected chi connectivity index (χ2v) is 6.95. The second kappa shape index (κ2) is 9.03. The number of hydrogen-bond acceptors (Lipinski definition) is 5. The van der Waals surface area contributed by atoms with Crippen LogP contribution in [0.15, 0.2) is 30.3 Å². The van der Waals surface area contributed by atoms with E-state index in [2.05, 4.69) is 0 Å². The number of hydrogen-bond donors (Lipinski definition) is 0. The number of rotatable bonds is 3. The van der Waals surface area contributed by atoms with E-state index < -0.39 is 29.4 Å². The summed E-state index contributed by atoms with van der Waals surface area (Å²) < 4.78 is 16.1. The van der Waals surface area contributed by atoms with E-state index in [9.17, 15) is 9.59 Å². The van der Waals surface area contributed by atoms with Crippen LogP contribution in [0.5, 0.6) is 0 Å². The first kappa shape index (κ1) is 22.0. The van der Waals surface area contributed by atoms with Crippen LogP contribution in [0, 0.1) is 0 Å². The number of amides is 1. The molecule has 26 heavy (non-hydrogen) atoms. The van der Waals surface area contributed by atoms with E-state index in [0.29, 0.717) is 6.42 Å². The highest BCUT2D eigenvalue weighted by Crippen LogP contribution is 2.34. The van der Waals surface area contributed by atoms with Crippen LogP contribution in [0.25, 0.3) is 0 Å². The molecule has 0 radical (unpaired) electrons. The summed E-state index contributed by atoms with van der Waals surface area (Å²) in [5, 5.41) is 0. The number of ether oxygens (including phenoxy) is 3. The van der Waals surface area contributed by atoms with Crippen LogP contribution in [0.4, 0.5) is 4.79 Å². The third-order valence-corrected chi connectivity index (χ3v) is 3.88. The summed E-state index contributed by atoms with van der Waals surface area (Å²) in [5.74, 6) is -0.512. The van der Waals surface area contributed by atoms with Crippen molar-refractivity contribution >= 4 is 12.1 Å². The lowest BCUT2D eigenvalue weighted by atomic mass is 9.90. The van der Waals surface area contributed by atoms with Gasteiger partial charge in [-0.15, -0.1) is 0 Å². The standard InChI is InChI=1S/C18H25NO5.C2H6/c1-13-19(16(21)24-17(2,3)4)18(12-23-13,15(20)22-5)11-14-9-7-6-8-10-14;1-2/h6-10,13H,11-12H2,1-5H3;1-2H3/t13-,18+;/m0./s1. The molecule has 0 unspecified atom stereocenters. The van der Waals surface area contributed by atoms with Crippen molar-refractivity contribution in [2.45, 2.75) is 65.3 Å². The molecule has 6 nitrogen and oxygen atoms in total. The van der Waals surface area contributed by atoms with Crippen LogP contribution < -0.4 is 0 Å². The van der Waals surface area contributed by atoms with Gasteiger partial charge in [0, 0.05) is 6.42 Å². The van der Waals surface area contributed by atoms with Gasteiger partial charge in [-0.1, -0.05) is 44.2 Å². The number of carbonyl (C=O) groups is 2. The lowest BCUT2D eigenvalue weighted by molar-refractivity contribution is -0.153. The second-order valence-electron chi connectivity index (χ2n) is 6.95. The molecule has 6 heteroatoms. The van der Waals surface area contributed by atoms with E-state index in [-0.39, 0.29) is 6.61 Å². The maximum atomic E-state index is 12.7. The molecule has 0 aliphatic carbocycles. The van der Waals surface area contributed by atoms with Crippen molar-refractivity contribution in [3.05, 3.63) is 35.9 Å². The Morgan fingerprint density at radius 1 is 1.23 bits per heavy atom. The minimum absolute atomic E-state index is 0.0645. The minimum atomic E-state index is -1.24. The highest BCUT2D eigenvalue weighted by atomic mass is 16.6. The van der Waals surface area contributed by atoms with E-state index in [1.165, 1.54) is 12.0 Å². The van der Waals surface area contributed by atoms with Gasteiger partial charge in [-0.25, -0.2) is 9.59 Å². The molecule has 0 spiro atoms. The van der Waals surface area contributed by atoms with Crippen LogP contribution in [0.1, 0.15) is 47.1 Å². The van der Waals surface area contributed by atoms with Crippen LogP contribution in [-0.4, -0.2) is 48.0 Å². The monoisotopic (exact) mass is 365 g/mol. The fourth-order valence-electron chi connectivity index (χ4n) is 2.87. The molecule has 1 saturated heterocycles. The van der Waals surface area contributed by atoms with Gasteiger partial charge in [0.1, 0.15) is 11.8 Å². The Labute approximate surface area is 156 Å². The zero-order chi connectivity index (χ0) is 20.0. The van der Waals surface area contributed by atoms with Crippen molar-refractivity contribution in [3.63, 3.8) is 0 Å². The Morgan fingerprint density at radius 2 is 1.81 bits per heavy atom. The Kier molecular flexibility index (Phi) is 7.63.